The molecule has 2 aromatic carbocycles. The lowest BCUT2D eigenvalue weighted by Crippen LogP contribution is -2.30. The average Bonchev–Trinajstić information content (AvgIpc) is 3.17. The highest BCUT2D eigenvalue weighted by Crippen LogP contribution is 2.37. The van der Waals surface area contributed by atoms with Crippen LogP contribution < -0.4 is 4.57 Å². The van der Waals surface area contributed by atoms with Crippen molar-refractivity contribution < 1.29 is 4.57 Å². The zero-order valence-electron chi connectivity index (χ0n) is 17.3. The van der Waals surface area contributed by atoms with E-state index in [9.17, 15) is 0 Å². The second-order valence-corrected chi connectivity index (χ2v) is 8.85. The van der Waals surface area contributed by atoms with Gasteiger partial charge in [-0.25, -0.2) is 4.57 Å². The van der Waals surface area contributed by atoms with E-state index in [0.717, 1.165) is 12.3 Å². The number of nitrogens with zero attached hydrogens (tertiary/aromatic N) is 1. The highest BCUT2D eigenvalue weighted by atomic mass is 14.9. The molecule has 1 heteroatoms. The number of benzene rings is 2. The molecule has 0 atom stereocenters. The van der Waals surface area contributed by atoms with Gasteiger partial charge in [0.1, 0.15) is 7.05 Å². The molecule has 0 aliphatic heterocycles. The summed E-state index contributed by atoms with van der Waals surface area (Å²) in [5.41, 5.74) is 7.08. The van der Waals surface area contributed by atoms with Crippen LogP contribution in [0.3, 0.4) is 0 Å². The highest BCUT2D eigenvalue weighted by Gasteiger charge is 2.22. The molecule has 140 valence electrons. The van der Waals surface area contributed by atoms with Crippen LogP contribution >= 0.6 is 0 Å². The zero-order valence-corrected chi connectivity index (χ0v) is 17.3. The van der Waals surface area contributed by atoms with Gasteiger partial charge in [0.05, 0.1) is 5.39 Å². The Balaban J connectivity index is 1.85. The van der Waals surface area contributed by atoms with E-state index >= 15 is 0 Å². The van der Waals surface area contributed by atoms with Crippen LogP contribution in [-0.2, 0) is 13.5 Å². The predicted molar refractivity (Wildman–Crippen MR) is 115 cm³/mol. The van der Waals surface area contributed by atoms with E-state index in [-0.39, 0.29) is 0 Å². The Morgan fingerprint density at radius 1 is 1.00 bits per heavy atom. The summed E-state index contributed by atoms with van der Waals surface area (Å²) in [6.07, 6.45) is 8.83. The fourth-order valence-corrected chi connectivity index (χ4v) is 4.76. The fourth-order valence-electron chi connectivity index (χ4n) is 4.76. The fraction of sp³-hybridized carbons (Fsp3) is 0.423. The minimum Gasteiger partial charge on any atom is -0.200 e. The van der Waals surface area contributed by atoms with E-state index in [2.05, 4.69) is 81.0 Å². The van der Waals surface area contributed by atoms with Crippen LogP contribution in [0.25, 0.3) is 22.0 Å². The second-order valence-electron chi connectivity index (χ2n) is 8.85. The minimum absolute atomic E-state index is 0.687. The molecule has 0 saturated heterocycles. The number of aryl methyl sites for hydroxylation is 2. The van der Waals surface area contributed by atoms with E-state index < -0.39 is 0 Å². The van der Waals surface area contributed by atoms with E-state index in [4.69, 9.17) is 0 Å². The molecule has 1 fully saturated rings. The first-order chi connectivity index (χ1) is 13.0. The maximum absolute atomic E-state index is 2.47. The van der Waals surface area contributed by atoms with Gasteiger partial charge in [-0.3, -0.25) is 0 Å². The highest BCUT2D eigenvalue weighted by molar-refractivity contribution is 5.94. The summed E-state index contributed by atoms with van der Waals surface area (Å²) >= 11 is 0. The summed E-state index contributed by atoms with van der Waals surface area (Å²) in [5.74, 6) is 1.44. The molecule has 1 aliphatic rings. The summed E-state index contributed by atoms with van der Waals surface area (Å²) in [5, 5.41) is 2.71. The van der Waals surface area contributed by atoms with Crippen molar-refractivity contribution in [2.24, 2.45) is 13.0 Å². The van der Waals surface area contributed by atoms with Crippen molar-refractivity contribution in [2.75, 3.05) is 0 Å². The molecule has 1 nitrogen and oxygen atoms in total. The van der Waals surface area contributed by atoms with Crippen molar-refractivity contribution in [3.05, 3.63) is 65.4 Å². The molecule has 0 unspecified atom stereocenters. The molecule has 0 amide bonds. The van der Waals surface area contributed by atoms with Crippen molar-refractivity contribution in [2.45, 2.75) is 58.8 Å². The number of rotatable bonds is 4. The van der Waals surface area contributed by atoms with Crippen molar-refractivity contribution >= 4 is 10.8 Å². The van der Waals surface area contributed by atoms with Gasteiger partial charge in [0.15, 0.2) is 6.20 Å². The number of aromatic nitrogens is 1. The zero-order chi connectivity index (χ0) is 19.0. The smallest absolute Gasteiger partial charge is 0.200 e. The molecule has 0 radical (unpaired) electrons. The third-order valence-electron chi connectivity index (χ3n) is 6.19. The number of hydrogen-bond donors (Lipinski definition) is 0. The Morgan fingerprint density at radius 3 is 2.52 bits per heavy atom. The lowest BCUT2D eigenvalue weighted by molar-refractivity contribution is -0.659. The van der Waals surface area contributed by atoms with Gasteiger partial charge in [-0.2, -0.15) is 0 Å². The van der Waals surface area contributed by atoms with Crippen molar-refractivity contribution in [1.82, 2.24) is 0 Å². The molecule has 3 aromatic rings. The van der Waals surface area contributed by atoms with Crippen LogP contribution in [0.4, 0.5) is 0 Å². The molecule has 1 aromatic heterocycles. The lowest BCUT2D eigenvalue weighted by Gasteiger charge is -2.14. The van der Waals surface area contributed by atoms with Crippen LogP contribution in [0.2, 0.25) is 0 Å². The van der Waals surface area contributed by atoms with E-state index in [1.807, 2.05) is 0 Å². The van der Waals surface area contributed by atoms with Crippen molar-refractivity contribution in [3.8, 4) is 11.3 Å². The average molecular weight is 359 g/mol. The minimum atomic E-state index is 0.687. The summed E-state index contributed by atoms with van der Waals surface area (Å²) in [7, 11) is 2.18. The Bertz CT molecular complexity index is 961. The summed E-state index contributed by atoms with van der Waals surface area (Å²) in [6.45, 7) is 6.83. The monoisotopic (exact) mass is 358 g/mol. The van der Waals surface area contributed by atoms with E-state index in [0.29, 0.717) is 5.92 Å². The quantitative estimate of drug-likeness (QED) is 0.469. The Kier molecular flexibility index (Phi) is 5.04. The van der Waals surface area contributed by atoms with Gasteiger partial charge < -0.3 is 0 Å². The Hall–Kier alpha value is -2.15. The first kappa shape index (κ1) is 18.2. The SMILES string of the molecule is Cc1ccc(C2CCCC2)cc1-c1c2ccc(CC(C)C)cc2cc[n+]1C. The molecule has 0 spiro atoms. The molecular weight excluding hydrogens is 326 g/mol. The van der Waals surface area contributed by atoms with Gasteiger partial charge >= 0.3 is 0 Å². The molecule has 1 aliphatic carbocycles. The van der Waals surface area contributed by atoms with Gasteiger partial charge in [0, 0.05) is 11.6 Å². The molecule has 27 heavy (non-hydrogen) atoms. The van der Waals surface area contributed by atoms with Crippen LogP contribution in [0.15, 0.2) is 48.7 Å². The lowest BCUT2D eigenvalue weighted by atomic mass is 9.91. The van der Waals surface area contributed by atoms with Crippen LogP contribution in [0.1, 0.15) is 62.1 Å². The maximum atomic E-state index is 2.47. The van der Waals surface area contributed by atoms with Crippen LogP contribution in [0, 0.1) is 12.8 Å². The molecule has 1 heterocycles. The maximum Gasteiger partial charge on any atom is 0.220 e. The van der Waals surface area contributed by atoms with Crippen molar-refractivity contribution in [1.29, 1.82) is 0 Å². The van der Waals surface area contributed by atoms with Gasteiger partial charge in [0.25, 0.3) is 0 Å². The standard InChI is InChI=1S/C26H32N/c1-18(2)15-20-10-12-24-23(16-20)13-14-27(4)26(24)25-17-22(11-9-19(25)3)21-7-5-6-8-21/h9-14,16-18,21H,5-8,15H2,1-4H3/q+1. The van der Waals surface area contributed by atoms with Gasteiger partial charge in [-0.05, 0) is 72.2 Å². The third-order valence-corrected chi connectivity index (χ3v) is 6.19. The largest absolute Gasteiger partial charge is 0.220 e. The van der Waals surface area contributed by atoms with E-state index in [1.54, 1.807) is 0 Å². The summed E-state index contributed by atoms with van der Waals surface area (Å²) in [4.78, 5) is 0. The molecular formula is C26H32N+. The van der Waals surface area contributed by atoms with Crippen LogP contribution in [-0.4, -0.2) is 0 Å². The molecule has 0 bridgehead atoms. The third kappa shape index (κ3) is 3.65. The van der Waals surface area contributed by atoms with Gasteiger partial charge in [-0.15, -0.1) is 0 Å². The van der Waals surface area contributed by atoms with Crippen molar-refractivity contribution in [3.63, 3.8) is 0 Å². The molecule has 0 N–H and O–H groups in total. The Morgan fingerprint density at radius 2 is 1.78 bits per heavy atom. The van der Waals surface area contributed by atoms with E-state index in [1.165, 1.54) is 64.4 Å². The number of fused-ring (bicyclic) bond motifs is 1. The second kappa shape index (κ2) is 7.46. The van der Waals surface area contributed by atoms with Gasteiger partial charge in [-0.1, -0.05) is 51.0 Å². The summed E-state index contributed by atoms with van der Waals surface area (Å²) < 4.78 is 2.30. The topological polar surface area (TPSA) is 3.88 Å². The Labute approximate surface area is 164 Å². The normalized spacial score (nSPS) is 15.1. The molecule has 1 saturated carbocycles. The first-order valence-corrected chi connectivity index (χ1v) is 10.5. The molecule has 4 rings (SSSR count). The number of pyridine rings is 1. The van der Waals surface area contributed by atoms with Gasteiger partial charge in [0.2, 0.25) is 5.69 Å². The first-order valence-electron chi connectivity index (χ1n) is 10.5. The van der Waals surface area contributed by atoms with Crippen LogP contribution in [0.5, 0.6) is 0 Å². The number of hydrogen-bond acceptors (Lipinski definition) is 0. The predicted octanol–water partition coefficient (Wildman–Crippen LogP) is 6.50. The summed E-state index contributed by atoms with van der Waals surface area (Å²) in [6, 6.07) is 16.5.